The van der Waals surface area contributed by atoms with Crippen LogP contribution in [0.3, 0.4) is 0 Å². The van der Waals surface area contributed by atoms with Gasteiger partial charge >= 0.3 is 0 Å². The summed E-state index contributed by atoms with van der Waals surface area (Å²) in [7, 11) is 1.48. The van der Waals surface area contributed by atoms with Gasteiger partial charge in [-0.05, 0) is 64.8 Å². The van der Waals surface area contributed by atoms with Crippen molar-refractivity contribution in [3.8, 4) is 5.82 Å². The zero-order chi connectivity index (χ0) is 22.7. The molecule has 0 spiro atoms. The van der Waals surface area contributed by atoms with Crippen molar-refractivity contribution in [3.63, 3.8) is 0 Å². The fourth-order valence-corrected chi connectivity index (χ4v) is 3.79. The number of halogens is 4. The van der Waals surface area contributed by atoms with E-state index < -0.39 is 11.8 Å². The van der Waals surface area contributed by atoms with Crippen molar-refractivity contribution in [1.82, 2.24) is 20.1 Å². The minimum atomic E-state index is -0.617. The van der Waals surface area contributed by atoms with Gasteiger partial charge in [-0.15, -0.1) is 0 Å². The van der Waals surface area contributed by atoms with E-state index in [9.17, 15) is 9.59 Å². The molecule has 2 heterocycles. The molecule has 2 N–H and O–H groups in total. The molecule has 160 valence electrons. The van der Waals surface area contributed by atoms with E-state index >= 15 is 0 Å². The normalized spacial score (nSPS) is 11.4. The largest absolute Gasteiger partial charge is 0.355 e. The second-order valence-electron chi connectivity index (χ2n) is 6.28. The lowest BCUT2D eigenvalue weighted by Gasteiger charge is -2.14. The van der Waals surface area contributed by atoms with E-state index in [1.165, 1.54) is 23.9 Å². The minimum absolute atomic E-state index is 0.141. The van der Waals surface area contributed by atoms with Crippen LogP contribution in [-0.2, 0) is 4.79 Å². The molecule has 11 heteroatoms. The Kier molecular flexibility index (Phi) is 7.38. The lowest BCUT2D eigenvalue weighted by molar-refractivity contribution is -0.112. The molecule has 3 aromatic rings. The third-order valence-corrected chi connectivity index (χ3v) is 5.33. The van der Waals surface area contributed by atoms with Crippen molar-refractivity contribution in [3.05, 3.63) is 73.0 Å². The Morgan fingerprint density at radius 1 is 1.23 bits per heavy atom. The highest BCUT2D eigenvalue weighted by Crippen LogP contribution is 2.27. The predicted octanol–water partition coefficient (Wildman–Crippen LogP) is 5.22. The molecule has 2 aromatic heterocycles. The summed E-state index contributed by atoms with van der Waals surface area (Å²) in [5.74, 6) is -0.637. The van der Waals surface area contributed by atoms with Crippen molar-refractivity contribution in [2.24, 2.45) is 0 Å². The zero-order valence-corrected chi connectivity index (χ0v) is 20.1. The monoisotopic (exact) mass is 541 g/mol. The Labute approximate surface area is 201 Å². The van der Waals surface area contributed by atoms with Crippen molar-refractivity contribution >= 4 is 74.3 Å². The van der Waals surface area contributed by atoms with Gasteiger partial charge in [0.25, 0.3) is 11.8 Å². The van der Waals surface area contributed by atoms with Crippen LogP contribution in [0.2, 0.25) is 10.0 Å². The lowest BCUT2D eigenvalue weighted by Crippen LogP contribution is -2.22. The first-order chi connectivity index (χ1) is 14.7. The summed E-state index contributed by atoms with van der Waals surface area (Å²) in [6, 6.07) is 8.13. The second kappa shape index (κ2) is 9.82. The lowest BCUT2D eigenvalue weighted by atomic mass is 10.1. The van der Waals surface area contributed by atoms with Gasteiger partial charge in [-0.3, -0.25) is 9.59 Å². The standard InChI is InChI=1S/C20H15BrCl3N5O2/c1-10-6-11(22)7-13(19(30)25-2)17(10)27-20(31)15(24)8-12-9-16(21)28-29(12)18-14(23)4-3-5-26-18/h3-9H,1-2H3,(H,25,30)(H,27,31). The minimum Gasteiger partial charge on any atom is -0.355 e. The van der Waals surface area contributed by atoms with Crippen LogP contribution in [-0.4, -0.2) is 33.6 Å². The van der Waals surface area contributed by atoms with Crippen LogP contribution in [0.4, 0.5) is 5.69 Å². The Bertz CT molecular complexity index is 1210. The second-order valence-corrected chi connectivity index (χ2v) is 8.35. The molecular weight excluding hydrogens is 529 g/mol. The summed E-state index contributed by atoms with van der Waals surface area (Å²) in [6.07, 6.45) is 2.99. The SMILES string of the molecule is CNC(=O)c1cc(Cl)cc(C)c1NC(=O)C(Cl)=Cc1cc(Br)nn1-c1ncccc1Cl. The van der Waals surface area contributed by atoms with Crippen LogP contribution in [0.1, 0.15) is 21.6 Å². The van der Waals surface area contributed by atoms with Crippen molar-refractivity contribution in [2.45, 2.75) is 6.92 Å². The molecule has 2 amide bonds. The van der Waals surface area contributed by atoms with E-state index in [1.54, 1.807) is 37.4 Å². The van der Waals surface area contributed by atoms with Gasteiger partial charge in [0.15, 0.2) is 5.82 Å². The Morgan fingerprint density at radius 2 is 1.97 bits per heavy atom. The Hall–Kier alpha value is -2.39. The van der Waals surface area contributed by atoms with Crippen LogP contribution in [0, 0.1) is 6.92 Å². The number of aryl methyl sites for hydroxylation is 1. The number of pyridine rings is 1. The third-order valence-electron chi connectivity index (χ3n) is 4.15. The van der Waals surface area contributed by atoms with Crippen molar-refractivity contribution in [1.29, 1.82) is 0 Å². The summed E-state index contributed by atoms with van der Waals surface area (Å²) < 4.78 is 1.95. The first kappa shape index (κ1) is 23.3. The predicted molar refractivity (Wildman–Crippen MR) is 126 cm³/mol. The topological polar surface area (TPSA) is 88.9 Å². The quantitative estimate of drug-likeness (QED) is 0.432. The summed E-state index contributed by atoms with van der Waals surface area (Å²) in [6.45, 7) is 1.72. The molecule has 31 heavy (non-hydrogen) atoms. The molecule has 0 fully saturated rings. The number of hydrogen-bond acceptors (Lipinski definition) is 4. The van der Waals surface area contributed by atoms with Gasteiger partial charge in [0.1, 0.15) is 9.64 Å². The Balaban J connectivity index is 1.96. The zero-order valence-electron chi connectivity index (χ0n) is 16.2. The van der Waals surface area contributed by atoms with Gasteiger partial charge in [-0.25, -0.2) is 9.67 Å². The number of aromatic nitrogens is 3. The van der Waals surface area contributed by atoms with E-state index in [2.05, 4.69) is 36.6 Å². The van der Waals surface area contributed by atoms with E-state index in [0.717, 1.165) is 0 Å². The molecule has 0 atom stereocenters. The van der Waals surface area contributed by atoms with Crippen LogP contribution < -0.4 is 10.6 Å². The highest BCUT2D eigenvalue weighted by molar-refractivity contribution is 9.10. The van der Waals surface area contributed by atoms with E-state index in [4.69, 9.17) is 34.8 Å². The average Bonchev–Trinajstić information content (AvgIpc) is 3.09. The van der Waals surface area contributed by atoms with Crippen LogP contribution in [0.5, 0.6) is 0 Å². The molecule has 0 unspecified atom stereocenters. The molecular formula is C20H15BrCl3N5O2. The number of anilines is 1. The van der Waals surface area contributed by atoms with Gasteiger partial charge in [0, 0.05) is 18.3 Å². The van der Waals surface area contributed by atoms with E-state index in [0.29, 0.717) is 37.4 Å². The first-order valence-electron chi connectivity index (χ1n) is 8.78. The number of nitrogens with one attached hydrogen (secondary N) is 2. The molecule has 3 rings (SSSR count). The van der Waals surface area contributed by atoms with E-state index in [-0.39, 0.29) is 10.6 Å². The maximum atomic E-state index is 12.8. The van der Waals surface area contributed by atoms with Gasteiger partial charge < -0.3 is 10.6 Å². The fraction of sp³-hybridized carbons (Fsp3) is 0.100. The molecule has 0 radical (unpaired) electrons. The average molecular weight is 544 g/mol. The summed E-state index contributed by atoms with van der Waals surface area (Å²) in [5.41, 5.74) is 1.60. The highest BCUT2D eigenvalue weighted by atomic mass is 79.9. The molecule has 0 saturated heterocycles. The van der Waals surface area contributed by atoms with Gasteiger partial charge in [0.2, 0.25) is 0 Å². The number of hydrogen-bond donors (Lipinski definition) is 2. The number of carbonyl (C=O) groups is 2. The number of nitrogens with zero attached hydrogens (tertiary/aromatic N) is 3. The first-order valence-corrected chi connectivity index (χ1v) is 10.7. The van der Waals surface area contributed by atoms with Crippen LogP contribution in [0.25, 0.3) is 11.9 Å². The van der Waals surface area contributed by atoms with E-state index in [1.807, 2.05) is 0 Å². The molecule has 1 aromatic carbocycles. The van der Waals surface area contributed by atoms with Gasteiger partial charge in [0.05, 0.1) is 22.0 Å². The third kappa shape index (κ3) is 5.27. The van der Waals surface area contributed by atoms with Crippen molar-refractivity contribution in [2.75, 3.05) is 12.4 Å². The van der Waals surface area contributed by atoms with Gasteiger partial charge in [-0.2, -0.15) is 5.10 Å². The maximum absolute atomic E-state index is 12.8. The maximum Gasteiger partial charge on any atom is 0.267 e. The summed E-state index contributed by atoms with van der Waals surface area (Å²) >= 11 is 21.9. The van der Waals surface area contributed by atoms with Gasteiger partial charge in [-0.1, -0.05) is 34.8 Å². The summed E-state index contributed by atoms with van der Waals surface area (Å²) in [5, 5.41) is 10.1. The fourth-order valence-electron chi connectivity index (χ4n) is 2.76. The molecule has 0 bridgehead atoms. The molecule has 0 aliphatic carbocycles. The molecule has 0 saturated carbocycles. The number of carbonyl (C=O) groups excluding carboxylic acids is 2. The molecule has 0 aliphatic heterocycles. The Morgan fingerprint density at radius 3 is 2.65 bits per heavy atom. The number of benzene rings is 1. The summed E-state index contributed by atoms with van der Waals surface area (Å²) in [4.78, 5) is 29.2. The van der Waals surface area contributed by atoms with Crippen molar-refractivity contribution < 1.29 is 9.59 Å². The number of amides is 2. The molecule has 7 nitrogen and oxygen atoms in total. The molecule has 0 aliphatic rings. The smallest absolute Gasteiger partial charge is 0.267 e. The highest BCUT2D eigenvalue weighted by Gasteiger charge is 2.19. The van der Waals surface area contributed by atoms with Crippen LogP contribution in [0.15, 0.2) is 46.2 Å². The van der Waals surface area contributed by atoms with Crippen LogP contribution >= 0.6 is 50.7 Å². The number of rotatable bonds is 5.